The van der Waals surface area contributed by atoms with Crippen LogP contribution in [0.5, 0.6) is 0 Å². The smallest absolute Gasteiger partial charge is 0.285 e. The van der Waals surface area contributed by atoms with Crippen LogP contribution in [0.15, 0.2) is 0 Å². The number of ether oxygens (including phenoxy) is 3. The fourth-order valence-electron chi connectivity index (χ4n) is 5.51. The van der Waals surface area contributed by atoms with Gasteiger partial charge in [0.05, 0.1) is 0 Å². The molecule has 0 amide bonds. The summed E-state index contributed by atoms with van der Waals surface area (Å²) < 4.78 is 18.6. The summed E-state index contributed by atoms with van der Waals surface area (Å²) in [5.41, 5.74) is 0. The second-order valence-corrected chi connectivity index (χ2v) is 10.9. The Bertz CT molecular complexity index is 395. The van der Waals surface area contributed by atoms with E-state index in [1.165, 1.54) is 135 Å². The molecule has 0 saturated carbocycles. The van der Waals surface area contributed by atoms with Crippen LogP contribution in [0.1, 0.15) is 182 Å². The summed E-state index contributed by atoms with van der Waals surface area (Å²) in [6, 6.07) is 0. The van der Waals surface area contributed by atoms with Gasteiger partial charge in [-0.15, -0.1) is 0 Å². The predicted molar refractivity (Wildman–Crippen MR) is 159 cm³/mol. The molecule has 0 aliphatic heterocycles. The normalized spacial score (nSPS) is 12.9. The van der Waals surface area contributed by atoms with Crippen molar-refractivity contribution in [2.45, 2.75) is 188 Å². The van der Waals surface area contributed by atoms with Crippen molar-refractivity contribution in [3.63, 3.8) is 0 Å². The number of hydrogen-bond donors (Lipinski definition) is 0. The van der Waals surface area contributed by atoms with Crippen molar-refractivity contribution in [1.82, 2.24) is 0 Å². The van der Waals surface area contributed by atoms with Crippen LogP contribution < -0.4 is 0 Å². The van der Waals surface area contributed by atoms with Gasteiger partial charge in [-0.25, -0.2) is 0 Å². The van der Waals surface area contributed by atoms with Crippen molar-refractivity contribution in [1.29, 1.82) is 0 Å². The van der Waals surface area contributed by atoms with Crippen molar-refractivity contribution in [3.8, 4) is 0 Å². The van der Waals surface area contributed by atoms with Crippen molar-refractivity contribution in [2.24, 2.45) is 5.92 Å². The molecular formula is C33H68O3. The standard InChI is InChI=1S/C33H68O3/c1-6-11-13-15-16-17-18-19-20-21-22-23-24-25-27-29-31-32(30-28-26-14-12-7-2)33(34-8-3,35-9-4)36-10-5/h32H,6-31H2,1-5H3. The summed E-state index contributed by atoms with van der Waals surface area (Å²) in [5, 5.41) is 0. The zero-order valence-corrected chi connectivity index (χ0v) is 25.7. The van der Waals surface area contributed by atoms with E-state index < -0.39 is 5.97 Å². The molecule has 0 aromatic carbocycles. The third-order valence-corrected chi connectivity index (χ3v) is 7.60. The summed E-state index contributed by atoms with van der Waals surface area (Å²) in [5.74, 6) is -0.524. The molecule has 1 unspecified atom stereocenters. The van der Waals surface area contributed by atoms with Gasteiger partial charge in [0.2, 0.25) is 0 Å². The Morgan fingerprint density at radius 2 is 0.611 bits per heavy atom. The largest absolute Gasteiger partial charge is 0.328 e. The van der Waals surface area contributed by atoms with E-state index in [1.54, 1.807) is 0 Å². The second kappa shape index (κ2) is 27.9. The Balaban J connectivity index is 4.12. The zero-order chi connectivity index (χ0) is 26.6. The van der Waals surface area contributed by atoms with Crippen LogP contribution in [0.4, 0.5) is 0 Å². The average Bonchev–Trinajstić information content (AvgIpc) is 2.87. The van der Waals surface area contributed by atoms with Gasteiger partial charge in [-0.3, -0.25) is 0 Å². The maximum Gasteiger partial charge on any atom is 0.285 e. The number of hydrogen-bond acceptors (Lipinski definition) is 3. The van der Waals surface area contributed by atoms with Crippen LogP contribution in [0, 0.1) is 5.92 Å². The lowest BCUT2D eigenvalue weighted by Crippen LogP contribution is -2.46. The molecule has 36 heavy (non-hydrogen) atoms. The first-order chi connectivity index (χ1) is 17.7. The topological polar surface area (TPSA) is 27.7 Å². The van der Waals surface area contributed by atoms with E-state index in [1.807, 2.05) is 0 Å². The molecule has 0 heterocycles. The van der Waals surface area contributed by atoms with Crippen molar-refractivity contribution >= 4 is 0 Å². The summed E-state index contributed by atoms with van der Waals surface area (Å²) in [6.45, 7) is 12.6. The second-order valence-electron chi connectivity index (χ2n) is 10.9. The summed E-state index contributed by atoms with van der Waals surface area (Å²) in [7, 11) is 0. The first-order valence-corrected chi connectivity index (χ1v) is 16.6. The number of rotatable bonds is 30. The molecule has 218 valence electrons. The molecule has 3 heteroatoms. The first kappa shape index (κ1) is 35.9. The maximum absolute atomic E-state index is 6.19. The van der Waals surface area contributed by atoms with Gasteiger partial charge in [-0.1, -0.05) is 149 Å². The summed E-state index contributed by atoms with van der Waals surface area (Å²) in [4.78, 5) is 0. The molecular weight excluding hydrogens is 444 g/mol. The molecule has 0 aromatic heterocycles. The Kier molecular flexibility index (Phi) is 27.8. The maximum atomic E-state index is 6.19. The number of unbranched alkanes of at least 4 members (excludes halogenated alkanes) is 19. The molecule has 0 fully saturated rings. The minimum absolute atomic E-state index is 0.325. The molecule has 0 aromatic rings. The highest BCUT2D eigenvalue weighted by molar-refractivity contribution is 4.73. The van der Waals surface area contributed by atoms with Crippen LogP contribution >= 0.6 is 0 Å². The lowest BCUT2D eigenvalue weighted by atomic mass is 9.91. The van der Waals surface area contributed by atoms with Crippen LogP contribution in [-0.4, -0.2) is 25.8 Å². The van der Waals surface area contributed by atoms with E-state index >= 15 is 0 Å². The summed E-state index contributed by atoms with van der Waals surface area (Å²) >= 11 is 0. The molecule has 3 nitrogen and oxygen atoms in total. The van der Waals surface area contributed by atoms with E-state index in [0.717, 1.165) is 12.8 Å². The van der Waals surface area contributed by atoms with Gasteiger partial charge < -0.3 is 14.2 Å². The molecule has 0 rings (SSSR count). The van der Waals surface area contributed by atoms with E-state index in [-0.39, 0.29) is 0 Å². The third kappa shape index (κ3) is 19.9. The lowest BCUT2D eigenvalue weighted by molar-refractivity contribution is -0.403. The first-order valence-electron chi connectivity index (χ1n) is 16.6. The van der Waals surface area contributed by atoms with Crippen LogP contribution in [-0.2, 0) is 14.2 Å². The SMILES string of the molecule is CCCCCCCCCCCCCCCCCCC(CCCCCCC)C(OCC)(OCC)OCC. The molecule has 0 N–H and O–H groups in total. The van der Waals surface area contributed by atoms with Gasteiger partial charge in [0, 0.05) is 25.7 Å². The van der Waals surface area contributed by atoms with Crippen molar-refractivity contribution in [2.75, 3.05) is 19.8 Å². The zero-order valence-electron chi connectivity index (χ0n) is 25.7. The van der Waals surface area contributed by atoms with Gasteiger partial charge in [0.25, 0.3) is 5.97 Å². The monoisotopic (exact) mass is 513 g/mol. The molecule has 0 aliphatic carbocycles. The van der Waals surface area contributed by atoms with Gasteiger partial charge in [0.15, 0.2) is 0 Å². The van der Waals surface area contributed by atoms with E-state index in [4.69, 9.17) is 14.2 Å². The minimum Gasteiger partial charge on any atom is -0.328 e. The predicted octanol–water partition coefficient (Wildman–Crippen LogP) is 11.4. The van der Waals surface area contributed by atoms with Crippen LogP contribution in [0.3, 0.4) is 0 Å². The Hall–Kier alpha value is -0.120. The molecule has 0 radical (unpaired) electrons. The van der Waals surface area contributed by atoms with E-state index in [0.29, 0.717) is 25.7 Å². The van der Waals surface area contributed by atoms with Crippen LogP contribution in [0.25, 0.3) is 0 Å². The Labute approximate surface area is 228 Å². The van der Waals surface area contributed by atoms with Gasteiger partial charge in [-0.05, 0) is 33.6 Å². The third-order valence-electron chi connectivity index (χ3n) is 7.60. The highest BCUT2D eigenvalue weighted by atomic mass is 16.9. The van der Waals surface area contributed by atoms with Crippen LogP contribution in [0.2, 0.25) is 0 Å². The molecule has 0 saturated heterocycles. The summed E-state index contributed by atoms with van der Waals surface area (Å²) in [6.07, 6.45) is 31.4. The lowest BCUT2D eigenvalue weighted by Gasteiger charge is -2.39. The van der Waals surface area contributed by atoms with Gasteiger partial charge in [0.1, 0.15) is 0 Å². The molecule has 0 spiro atoms. The van der Waals surface area contributed by atoms with E-state index in [9.17, 15) is 0 Å². The highest BCUT2D eigenvalue weighted by Gasteiger charge is 2.41. The minimum atomic E-state index is -0.849. The molecule has 0 aliphatic rings. The van der Waals surface area contributed by atoms with E-state index in [2.05, 4.69) is 34.6 Å². The van der Waals surface area contributed by atoms with Crippen molar-refractivity contribution < 1.29 is 14.2 Å². The fraction of sp³-hybridized carbons (Fsp3) is 1.00. The molecule has 1 atom stereocenters. The van der Waals surface area contributed by atoms with Crippen molar-refractivity contribution in [3.05, 3.63) is 0 Å². The van der Waals surface area contributed by atoms with Gasteiger partial charge >= 0.3 is 0 Å². The Morgan fingerprint density at radius 1 is 0.361 bits per heavy atom. The van der Waals surface area contributed by atoms with Gasteiger partial charge in [-0.2, -0.15) is 0 Å². The quantitative estimate of drug-likeness (QED) is 0.0707. The average molecular weight is 513 g/mol. The molecule has 0 bridgehead atoms. The Morgan fingerprint density at radius 3 is 0.861 bits per heavy atom. The fourth-order valence-corrected chi connectivity index (χ4v) is 5.51. The highest BCUT2D eigenvalue weighted by Crippen LogP contribution is 2.34.